The molecule has 1 aromatic rings. The van der Waals surface area contributed by atoms with Gasteiger partial charge in [0, 0.05) is 0 Å². The Morgan fingerprint density at radius 1 is 1.36 bits per heavy atom. The molecule has 0 atom stereocenters. The zero-order valence-electron chi connectivity index (χ0n) is 5.75. The second-order valence-electron chi connectivity index (χ2n) is 1.67. The van der Waals surface area contributed by atoms with Crippen LogP contribution in [0, 0.1) is 5.82 Å². The molecule has 0 aromatic heterocycles. The first-order valence-corrected chi connectivity index (χ1v) is 2.45. The van der Waals surface area contributed by atoms with E-state index in [9.17, 15) is 4.39 Å². The number of hydrogen-bond donors (Lipinski definition) is 2. The Bertz CT molecular complexity index is 214. The van der Waals surface area contributed by atoms with Gasteiger partial charge in [0.05, 0.1) is 0 Å². The fourth-order valence-corrected chi connectivity index (χ4v) is 0.526. The summed E-state index contributed by atoms with van der Waals surface area (Å²) in [6.45, 7) is 0. The summed E-state index contributed by atoms with van der Waals surface area (Å²) in [5.74, 6) is -0.801. The molecule has 11 heavy (non-hydrogen) atoms. The van der Waals surface area contributed by atoms with Crippen molar-refractivity contribution in [1.29, 1.82) is 0 Å². The Kier molecular flexibility index (Phi) is 6.70. The second kappa shape index (κ2) is 5.48. The number of rotatable bonds is 0. The van der Waals surface area contributed by atoms with Gasteiger partial charge in [-0.15, -0.1) is 12.4 Å². The van der Waals surface area contributed by atoms with Crippen molar-refractivity contribution in [1.82, 2.24) is 0 Å². The zero-order valence-corrected chi connectivity index (χ0v) is 10.6. The van der Waals surface area contributed by atoms with Gasteiger partial charge in [-0.3, -0.25) is 0 Å². The molecule has 2 radical (unpaired) electrons. The van der Waals surface area contributed by atoms with Crippen LogP contribution in [0.15, 0.2) is 18.2 Å². The number of nitrogens with two attached hydrogens (primary N) is 1. The molecule has 1 aromatic carbocycles. The Morgan fingerprint density at radius 3 is 2.27 bits per heavy atom. The summed E-state index contributed by atoms with van der Waals surface area (Å²) in [5.41, 5.74) is 4.86. The van der Waals surface area contributed by atoms with Crippen LogP contribution in [0.5, 0.6) is 5.75 Å². The second-order valence-corrected chi connectivity index (χ2v) is 1.67. The van der Waals surface area contributed by atoms with Crippen molar-refractivity contribution in [3.63, 3.8) is 0 Å². The van der Waals surface area contributed by atoms with Crippen molar-refractivity contribution < 1.29 is 9.50 Å². The SMILES string of the molecule is Cl.Nc1c(O)cccc1F.[SnH2]. The van der Waals surface area contributed by atoms with E-state index in [1.807, 2.05) is 0 Å². The average Bonchev–Trinajstić information content (AvgIpc) is 1.83. The van der Waals surface area contributed by atoms with Gasteiger partial charge in [0.2, 0.25) is 0 Å². The quantitative estimate of drug-likeness (QED) is 0.417. The van der Waals surface area contributed by atoms with Crippen LogP contribution in [0.4, 0.5) is 10.1 Å². The molecule has 0 unspecified atom stereocenters. The molecular weight excluding hydrogens is 275 g/mol. The molecule has 0 bridgehead atoms. The summed E-state index contributed by atoms with van der Waals surface area (Å²) in [7, 11) is 0. The van der Waals surface area contributed by atoms with Gasteiger partial charge in [-0.2, -0.15) is 0 Å². The van der Waals surface area contributed by atoms with E-state index in [1.54, 1.807) is 0 Å². The first-order valence-electron chi connectivity index (χ1n) is 2.45. The standard InChI is InChI=1S/C6H6FNO.ClH.Sn.2H/c7-4-2-1-3-5(9)6(4)8;;;;/h1-3,9H,8H2;1H;;;. The first-order chi connectivity index (χ1) is 4.22. The third-order valence-corrected chi connectivity index (χ3v) is 1.03. The van der Waals surface area contributed by atoms with E-state index in [4.69, 9.17) is 10.8 Å². The van der Waals surface area contributed by atoms with Gasteiger partial charge in [0.15, 0.2) is 0 Å². The normalized spacial score (nSPS) is 7.73. The number of aromatic hydroxyl groups is 1. The van der Waals surface area contributed by atoms with E-state index in [-0.39, 0.29) is 47.8 Å². The van der Waals surface area contributed by atoms with Crippen LogP contribution < -0.4 is 5.73 Å². The fraction of sp³-hybridized carbons (Fsp3) is 0. The number of hydrogen-bond acceptors (Lipinski definition) is 2. The summed E-state index contributed by atoms with van der Waals surface area (Å²) < 4.78 is 12.3. The van der Waals surface area contributed by atoms with Crippen LogP contribution in [0.25, 0.3) is 0 Å². The molecule has 3 N–H and O–H groups in total. The summed E-state index contributed by atoms with van der Waals surface area (Å²) in [6, 6.07) is 3.91. The molecule has 0 heterocycles. The summed E-state index contributed by atoms with van der Waals surface area (Å²) in [5, 5.41) is 8.74. The number of anilines is 1. The van der Waals surface area contributed by atoms with E-state index >= 15 is 0 Å². The number of phenols is 1. The van der Waals surface area contributed by atoms with Crippen LogP contribution in [0.1, 0.15) is 0 Å². The molecule has 0 fully saturated rings. The van der Waals surface area contributed by atoms with Crippen LogP contribution in [0.3, 0.4) is 0 Å². The predicted molar refractivity (Wildman–Crippen MR) is 48.3 cm³/mol. The Morgan fingerprint density at radius 2 is 1.91 bits per heavy atom. The minimum absolute atomic E-state index is 0. The molecule has 62 valence electrons. The Hall–Kier alpha value is -0.161. The molecule has 1 rings (SSSR count). The van der Waals surface area contributed by atoms with Crippen LogP contribution >= 0.6 is 12.4 Å². The van der Waals surface area contributed by atoms with Crippen molar-refractivity contribution in [2.24, 2.45) is 0 Å². The van der Waals surface area contributed by atoms with Crippen molar-refractivity contribution in [2.45, 2.75) is 0 Å². The summed E-state index contributed by atoms with van der Waals surface area (Å²) in [4.78, 5) is 0. The van der Waals surface area contributed by atoms with Crippen LogP contribution in [0.2, 0.25) is 0 Å². The van der Waals surface area contributed by atoms with Crippen LogP contribution in [-0.2, 0) is 0 Å². The molecule has 0 aliphatic rings. The van der Waals surface area contributed by atoms with Crippen LogP contribution in [-0.4, -0.2) is 29.0 Å². The molecule has 2 nitrogen and oxygen atoms in total. The number of para-hydroxylation sites is 1. The van der Waals surface area contributed by atoms with Gasteiger partial charge in [-0.05, 0) is 12.1 Å². The van der Waals surface area contributed by atoms with Gasteiger partial charge in [0.1, 0.15) is 17.3 Å². The molecule has 0 amide bonds. The van der Waals surface area contributed by atoms with E-state index in [2.05, 4.69) is 0 Å². The zero-order chi connectivity index (χ0) is 6.85. The number of benzene rings is 1. The molecule has 5 heteroatoms. The monoisotopic (exact) mass is 285 g/mol. The maximum atomic E-state index is 12.3. The first kappa shape index (κ1) is 13.4. The van der Waals surface area contributed by atoms with Crippen molar-refractivity contribution >= 4 is 42.0 Å². The fourth-order valence-electron chi connectivity index (χ4n) is 0.526. The van der Waals surface area contributed by atoms with Gasteiger partial charge >= 0.3 is 23.9 Å². The van der Waals surface area contributed by atoms with Gasteiger partial charge < -0.3 is 10.8 Å². The van der Waals surface area contributed by atoms with Gasteiger partial charge in [-0.25, -0.2) is 4.39 Å². The Labute approximate surface area is 87.0 Å². The van der Waals surface area contributed by atoms with E-state index < -0.39 is 5.82 Å². The molecule has 0 aliphatic heterocycles. The molecular formula is C6H9ClFNOSn. The number of halogens is 2. The average molecular weight is 284 g/mol. The number of nitrogen functional groups attached to an aromatic ring is 1. The maximum absolute atomic E-state index is 12.3. The van der Waals surface area contributed by atoms with Gasteiger partial charge in [-0.1, -0.05) is 6.07 Å². The summed E-state index contributed by atoms with van der Waals surface area (Å²) >= 11 is 0. The van der Waals surface area contributed by atoms with Crippen molar-refractivity contribution in [2.75, 3.05) is 5.73 Å². The third kappa shape index (κ3) is 3.16. The van der Waals surface area contributed by atoms with E-state index in [0.29, 0.717) is 0 Å². The molecule has 0 saturated carbocycles. The summed E-state index contributed by atoms with van der Waals surface area (Å²) in [6.07, 6.45) is 0. The Balaban J connectivity index is 0. The van der Waals surface area contributed by atoms with E-state index in [1.165, 1.54) is 18.2 Å². The third-order valence-electron chi connectivity index (χ3n) is 1.03. The van der Waals surface area contributed by atoms with Crippen molar-refractivity contribution in [3.05, 3.63) is 24.0 Å². The van der Waals surface area contributed by atoms with Crippen molar-refractivity contribution in [3.8, 4) is 5.75 Å². The van der Waals surface area contributed by atoms with E-state index in [0.717, 1.165) is 0 Å². The number of phenolic OH excluding ortho intramolecular Hbond substituents is 1. The van der Waals surface area contributed by atoms with Gasteiger partial charge in [0.25, 0.3) is 0 Å². The molecule has 0 saturated heterocycles. The minimum atomic E-state index is -0.588. The topological polar surface area (TPSA) is 46.2 Å². The molecule has 0 aliphatic carbocycles. The predicted octanol–water partition coefficient (Wildman–Crippen LogP) is 0.619. The molecule has 0 spiro atoms.